The van der Waals surface area contributed by atoms with Gasteiger partial charge in [0.1, 0.15) is 22.7 Å². The summed E-state index contributed by atoms with van der Waals surface area (Å²) < 4.78 is 24.6. The lowest BCUT2D eigenvalue weighted by Gasteiger charge is -2.10. The first-order valence-corrected chi connectivity index (χ1v) is 12.3. The molecule has 0 aliphatic heterocycles. The van der Waals surface area contributed by atoms with Gasteiger partial charge in [0.05, 0.1) is 5.25 Å². The molecule has 0 radical (unpaired) electrons. The third-order valence-electron chi connectivity index (χ3n) is 5.93. The summed E-state index contributed by atoms with van der Waals surface area (Å²) in [5.41, 5.74) is 4.23. The molecule has 1 N–H and O–H groups in total. The maximum atomic E-state index is 12.9. The summed E-state index contributed by atoms with van der Waals surface area (Å²) in [5, 5.41) is 10.7. The smallest absolute Gasteiger partial charge is 0.274 e. The number of nitrogens with one attached hydrogen (secondary N) is 1. The Labute approximate surface area is 198 Å². The Balaban J connectivity index is 1.34. The minimum absolute atomic E-state index is 0.282. The number of pyridine rings is 1. The molecular weight excluding hydrogens is 450 g/mol. The summed E-state index contributed by atoms with van der Waals surface area (Å²) in [7, 11) is -2.53. The second kappa shape index (κ2) is 9.18. The Hall–Kier alpha value is -3.85. The van der Waals surface area contributed by atoms with Crippen molar-refractivity contribution in [3.63, 3.8) is 0 Å². The van der Waals surface area contributed by atoms with E-state index in [4.69, 9.17) is 0 Å². The van der Waals surface area contributed by atoms with Gasteiger partial charge in [-0.2, -0.15) is 0 Å². The molecule has 9 heteroatoms. The number of thiol groups is 1. The molecule has 0 bridgehead atoms. The highest BCUT2D eigenvalue weighted by Gasteiger charge is 2.26. The van der Waals surface area contributed by atoms with Crippen molar-refractivity contribution in [1.29, 1.82) is 0 Å². The number of aromatic nitrogens is 4. The molecule has 34 heavy (non-hydrogen) atoms. The zero-order chi connectivity index (χ0) is 23.7. The third kappa shape index (κ3) is 4.60. The normalized spacial score (nSPS) is 14.2. The summed E-state index contributed by atoms with van der Waals surface area (Å²) in [4.78, 5) is 17.2. The van der Waals surface area contributed by atoms with Gasteiger partial charge in [0.25, 0.3) is 5.91 Å². The van der Waals surface area contributed by atoms with Crippen LogP contribution in [0.1, 0.15) is 47.1 Å². The van der Waals surface area contributed by atoms with Gasteiger partial charge in [0.15, 0.2) is 5.82 Å². The molecule has 1 atom stereocenters. The Bertz CT molecular complexity index is 1420. The standard InChI is InChI=1S/C25H23N5O3S/c1-16(34(32)33)17-5-7-18(8-6-17)19-11-12-26-23(14-19)25(31)28-21-4-2-3-20(13-21)24-29-27-15-30(24)22-9-10-22/h2-8,11-16,22,34H,9-10H2,1H3,(H,28,31). The summed E-state index contributed by atoms with van der Waals surface area (Å²) in [5.74, 6) is 0.467. The number of amides is 1. The Kier molecular flexibility index (Phi) is 5.93. The summed E-state index contributed by atoms with van der Waals surface area (Å²) in [6.45, 7) is 1.65. The molecule has 2 heterocycles. The van der Waals surface area contributed by atoms with E-state index in [1.165, 1.54) is 0 Å². The van der Waals surface area contributed by atoms with Crippen LogP contribution < -0.4 is 5.32 Å². The van der Waals surface area contributed by atoms with Crippen LogP contribution in [0.2, 0.25) is 0 Å². The Morgan fingerprint density at radius 3 is 2.56 bits per heavy atom. The van der Waals surface area contributed by atoms with Gasteiger partial charge < -0.3 is 9.88 Å². The average Bonchev–Trinajstić information content (AvgIpc) is 3.59. The fourth-order valence-electron chi connectivity index (χ4n) is 3.81. The van der Waals surface area contributed by atoms with Gasteiger partial charge in [0.2, 0.25) is 0 Å². The van der Waals surface area contributed by atoms with Crippen molar-refractivity contribution >= 4 is 22.3 Å². The molecule has 1 unspecified atom stereocenters. The van der Waals surface area contributed by atoms with Crippen molar-refractivity contribution in [3.8, 4) is 22.5 Å². The first-order valence-electron chi connectivity index (χ1n) is 11.0. The van der Waals surface area contributed by atoms with Crippen molar-refractivity contribution in [2.24, 2.45) is 0 Å². The van der Waals surface area contributed by atoms with E-state index >= 15 is 0 Å². The minimum atomic E-state index is -2.53. The molecule has 1 fully saturated rings. The second-order valence-corrected chi connectivity index (χ2v) is 9.69. The van der Waals surface area contributed by atoms with Crippen LogP contribution >= 0.6 is 0 Å². The summed E-state index contributed by atoms with van der Waals surface area (Å²) in [6.07, 6.45) is 5.60. The molecule has 1 aliphatic carbocycles. The first kappa shape index (κ1) is 22.0. The SMILES string of the molecule is CC(c1ccc(-c2ccnc(C(=O)Nc3cccc(-c4nncn4C4CC4)c3)c2)cc1)[SH](=O)=O. The van der Waals surface area contributed by atoms with Gasteiger partial charge in [-0.1, -0.05) is 36.4 Å². The number of hydrogen-bond donors (Lipinski definition) is 2. The van der Waals surface area contributed by atoms with Crippen molar-refractivity contribution in [1.82, 2.24) is 19.7 Å². The number of carbonyl (C=O) groups is 1. The van der Waals surface area contributed by atoms with Crippen LogP contribution in [0.4, 0.5) is 5.69 Å². The molecule has 8 nitrogen and oxygen atoms in total. The Morgan fingerprint density at radius 1 is 1.03 bits per heavy atom. The van der Waals surface area contributed by atoms with E-state index < -0.39 is 16.0 Å². The highest BCUT2D eigenvalue weighted by Crippen LogP contribution is 2.37. The van der Waals surface area contributed by atoms with E-state index in [-0.39, 0.29) is 11.6 Å². The van der Waals surface area contributed by atoms with Crippen LogP contribution in [0, 0.1) is 0 Å². The van der Waals surface area contributed by atoms with E-state index in [9.17, 15) is 13.2 Å². The fourth-order valence-corrected chi connectivity index (χ4v) is 4.23. The zero-order valence-corrected chi connectivity index (χ0v) is 19.4. The highest BCUT2D eigenvalue weighted by molar-refractivity contribution is 7.72. The lowest BCUT2D eigenvalue weighted by molar-refractivity contribution is 0.102. The lowest BCUT2D eigenvalue weighted by Crippen LogP contribution is -2.13. The molecule has 1 amide bonds. The van der Waals surface area contributed by atoms with Crippen LogP contribution in [-0.2, 0) is 10.7 Å². The maximum absolute atomic E-state index is 12.9. The number of hydrogen-bond acceptors (Lipinski definition) is 6. The van der Waals surface area contributed by atoms with E-state index in [2.05, 4.69) is 25.1 Å². The minimum Gasteiger partial charge on any atom is -0.321 e. The number of rotatable bonds is 7. The summed E-state index contributed by atoms with van der Waals surface area (Å²) >= 11 is 0. The van der Waals surface area contributed by atoms with Crippen molar-refractivity contribution in [2.45, 2.75) is 31.1 Å². The third-order valence-corrected chi connectivity index (χ3v) is 6.86. The molecule has 172 valence electrons. The quantitative estimate of drug-likeness (QED) is 0.388. The van der Waals surface area contributed by atoms with Crippen LogP contribution in [-0.4, -0.2) is 34.1 Å². The molecule has 2 aromatic carbocycles. The summed E-state index contributed by atoms with van der Waals surface area (Å²) in [6, 6.07) is 18.8. The van der Waals surface area contributed by atoms with Gasteiger partial charge in [-0.05, 0) is 60.7 Å². The molecular formula is C25H23N5O3S. The number of benzene rings is 2. The van der Waals surface area contributed by atoms with Gasteiger partial charge in [0, 0.05) is 23.5 Å². The molecule has 1 aliphatic rings. The van der Waals surface area contributed by atoms with Crippen molar-refractivity contribution in [2.75, 3.05) is 5.32 Å². The van der Waals surface area contributed by atoms with Crippen LogP contribution in [0.3, 0.4) is 0 Å². The van der Waals surface area contributed by atoms with Crippen molar-refractivity contribution in [3.05, 3.63) is 84.4 Å². The molecule has 5 rings (SSSR count). The lowest BCUT2D eigenvalue weighted by atomic mass is 10.0. The molecule has 4 aromatic rings. The number of anilines is 1. The van der Waals surface area contributed by atoms with Crippen LogP contribution in [0.5, 0.6) is 0 Å². The van der Waals surface area contributed by atoms with E-state index in [1.807, 2.05) is 42.5 Å². The number of nitrogens with zero attached hydrogens (tertiary/aromatic N) is 4. The van der Waals surface area contributed by atoms with Crippen molar-refractivity contribution < 1.29 is 13.2 Å². The predicted molar refractivity (Wildman–Crippen MR) is 130 cm³/mol. The van der Waals surface area contributed by atoms with E-state index in [0.29, 0.717) is 11.7 Å². The molecule has 0 spiro atoms. The maximum Gasteiger partial charge on any atom is 0.274 e. The van der Waals surface area contributed by atoms with E-state index in [0.717, 1.165) is 40.9 Å². The second-order valence-electron chi connectivity index (χ2n) is 8.34. The largest absolute Gasteiger partial charge is 0.321 e. The fraction of sp³-hybridized carbons (Fsp3) is 0.200. The molecule has 1 saturated carbocycles. The zero-order valence-electron chi connectivity index (χ0n) is 18.5. The number of carbonyl (C=O) groups excluding carboxylic acids is 1. The van der Waals surface area contributed by atoms with E-state index in [1.54, 1.807) is 37.6 Å². The topological polar surface area (TPSA) is 107 Å². The van der Waals surface area contributed by atoms with Gasteiger partial charge in [-0.3, -0.25) is 9.78 Å². The van der Waals surface area contributed by atoms with Gasteiger partial charge in [-0.25, -0.2) is 8.42 Å². The highest BCUT2D eigenvalue weighted by atomic mass is 32.2. The average molecular weight is 474 g/mol. The first-order chi connectivity index (χ1) is 16.5. The van der Waals surface area contributed by atoms with Crippen LogP contribution in [0.25, 0.3) is 22.5 Å². The molecule has 0 saturated heterocycles. The Morgan fingerprint density at radius 2 is 1.82 bits per heavy atom. The molecule has 2 aromatic heterocycles. The van der Waals surface area contributed by atoms with Gasteiger partial charge >= 0.3 is 0 Å². The predicted octanol–water partition coefficient (Wildman–Crippen LogP) is 4.27. The monoisotopic (exact) mass is 473 g/mol. The van der Waals surface area contributed by atoms with Crippen LogP contribution in [0.15, 0.2) is 73.2 Å². The van der Waals surface area contributed by atoms with Gasteiger partial charge in [-0.15, -0.1) is 10.2 Å².